The van der Waals surface area contributed by atoms with Gasteiger partial charge in [-0.25, -0.2) is 9.78 Å². The number of ether oxygens (including phenoxy) is 2. The van der Waals surface area contributed by atoms with Gasteiger partial charge in [0.05, 0.1) is 12.3 Å². The molecule has 0 bridgehead atoms. The van der Waals surface area contributed by atoms with Crippen LogP contribution >= 0.6 is 11.3 Å². The van der Waals surface area contributed by atoms with Gasteiger partial charge < -0.3 is 9.47 Å². The number of thiazole rings is 1. The molecule has 0 aliphatic carbocycles. The molecule has 1 amide bonds. The first-order chi connectivity index (χ1) is 12.7. The first kappa shape index (κ1) is 17.6. The predicted octanol–water partition coefficient (Wildman–Crippen LogP) is 3.99. The molecule has 0 radical (unpaired) electrons. The smallest absolute Gasteiger partial charge is 0.434 e. The molecule has 2 heterocycles. The maximum Gasteiger partial charge on any atom is 0.513 e. The number of nitrogens with zero attached hydrogens (tertiary/aromatic N) is 2. The molecule has 26 heavy (non-hydrogen) atoms. The molecule has 0 fully saturated rings. The summed E-state index contributed by atoms with van der Waals surface area (Å²) < 4.78 is 9.64. The molecular formula is C18H15N3O4S. The Morgan fingerprint density at radius 3 is 2.62 bits per heavy atom. The molecule has 132 valence electrons. The summed E-state index contributed by atoms with van der Waals surface area (Å²) >= 11 is 1.32. The van der Waals surface area contributed by atoms with Crippen molar-refractivity contribution in [3.8, 4) is 17.1 Å². The molecule has 0 unspecified atom stereocenters. The third-order valence-corrected chi connectivity index (χ3v) is 3.99. The Morgan fingerprint density at radius 2 is 1.92 bits per heavy atom. The lowest BCUT2D eigenvalue weighted by molar-refractivity contribution is 0.102. The van der Waals surface area contributed by atoms with E-state index < -0.39 is 6.16 Å². The summed E-state index contributed by atoms with van der Waals surface area (Å²) in [5.74, 6) is -0.0127. The van der Waals surface area contributed by atoms with Gasteiger partial charge in [0.2, 0.25) is 0 Å². The van der Waals surface area contributed by atoms with Crippen molar-refractivity contribution >= 4 is 28.5 Å². The van der Waals surface area contributed by atoms with E-state index in [1.807, 2.05) is 23.6 Å². The van der Waals surface area contributed by atoms with E-state index in [1.54, 1.807) is 25.3 Å². The third-order valence-electron chi connectivity index (χ3n) is 3.23. The number of hydrogen-bond acceptors (Lipinski definition) is 7. The topological polar surface area (TPSA) is 90.4 Å². The van der Waals surface area contributed by atoms with Crippen LogP contribution in [0.2, 0.25) is 0 Å². The quantitative estimate of drug-likeness (QED) is 0.540. The fourth-order valence-electron chi connectivity index (χ4n) is 2.05. The van der Waals surface area contributed by atoms with Crippen LogP contribution in [0.4, 0.5) is 9.93 Å². The van der Waals surface area contributed by atoms with E-state index in [2.05, 4.69) is 20.0 Å². The number of aromatic nitrogens is 2. The molecule has 7 nitrogen and oxygen atoms in total. The Balaban J connectivity index is 1.63. The van der Waals surface area contributed by atoms with Gasteiger partial charge in [0.1, 0.15) is 11.4 Å². The second-order valence-electron chi connectivity index (χ2n) is 5.02. The zero-order valence-electron chi connectivity index (χ0n) is 13.8. The van der Waals surface area contributed by atoms with Crippen molar-refractivity contribution in [3.63, 3.8) is 0 Å². The number of pyridine rings is 1. The van der Waals surface area contributed by atoms with Gasteiger partial charge in [-0.2, -0.15) is 0 Å². The molecule has 1 aromatic carbocycles. The van der Waals surface area contributed by atoms with Crippen LogP contribution in [0.1, 0.15) is 17.3 Å². The minimum absolute atomic E-state index is 0.230. The van der Waals surface area contributed by atoms with Crippen LogP contribution in [0, 0.1) is 0 Å². The molecular weight excluding hydrogens is 354 g/mol. The molecule has 3 rings (SSSR count). The molecule has 2 aromatic heterocycles. The van der Waals surface area contributed by atoms with E-state index in [0.717, 1.165) is 5.69 Å². The van der Waals surface area contributed by atoms with Crippen LogP contribution in [0.5, 0.6) is 5.75 Å². The standard InChI is InChI=1S/C18H15N3O4S/c1-2-24-18(23)25-13-8-6-12(7-9-13)16(22)21-17-20-15(11-26-17)14-5-3-4-10-19-14/h3-11H,2H2,1H3,(H,20,21,22). The van der Waals surface area contributed by atoms with Crippen LogP contribution in [0.15, 0.2) is 54.0 Å². The van der Waals surface area contributed by atoms with E-state index >= 15 is 0 Å². The van der Waals surface area contributed by atoms with Crippen molar-refractivity contribution in [1.29, 1.82) is 0 Å². The normalized spacial score (nSPS) is 10.2. The Morgan fingerprint density at radius 1 is 1.12 bits per heavy atom. The molecule has 1 N–H and O–H groups in total. The average Bonchev–Trinajstić information content (AvgIpc) is 3.12. The van der Waals surface area contributed by atoms with Crippen molar-refractivity contribution in [2.75, 3.05) is 11.9 Å². The Kier molecular flexibility index (Phi) is 5.55. The lowest BCUT2D eigenvalue weighted by atomic mass is 10.2. The summed E-state index contributed by atoms with van der Waals surface area (Å²) in [7, 11) is 0. The molecule has 8 heteroatoms. The van der Waals surface area contributed by atoms with E-state index in [0.29, 0.717) is 22.1 Å². The minimum Gasteiger partial charge on any atom is -0.434 e. The second kappa shape index (κ2) is 8.21. The number of carbonyl (C=O) groups excluding carboxylic acids is 2. The van der Waals surface area contributed by atoms with Crippen LogP contribution in [0.25, 0.3) is 11.4 Å². The fraction of sp³-hybridized carbons (Fsp3) is 0.111. The number of benzene rings is 1. The first-order valence-electron chi connectivity index (χ1n) is 7.78. The first-order valence-corrected chi connectivity index (χ1v) is 8.66. The van der Waals surface area contributed by atoms with Crippen LogP contribution < -0.4 is 10.1 Å². The predicted molar refractivity (Wildman–Crippen MR) is 97.4 cm³/mol. The van der Waals surface area contributed by atoms with Crippen molar-refractivity contribution in [1.82, 2.24) is 9.97 Å². The minimum atomic E-state index is -0.783. The number of carbonyl (C=O) groups is 2. The van der Waals surface area contributed by atoms with Crippen molar-refractivity contribution in [2.24, 2.45) is 0 Å². The van der Waals surface area contributed by atoms with Gasteiger partial charge in [-0.15, -0.1) is 11.3 Å². The number of anilines is 1. The number of amides is 1. The SMILES string of the molecule is CCOC(=O)Oc1ccc(C(=O)Nc2nc(-c3ccccn3)cs2)cc1. The molecule has 0 spiro atoms. The van der Waals surface area contributed by atoms with Gasteiger partial charge in [-0.05, 0) is 43.3 Å². The van der Waals surface area contributed by atoms with Crippen LogP contribution in [-0.4, -0.2) is 28.6 Å². The summed E-state index contributed by atoms with van der Waals surface area (Å²) in [6, 6.07) is 11.7. The highest BCUT2D eigenvalue weighted by Crippen LogP contribution is 2.23. The van der Waals surface area contributed by atoms with Crippen molar-refractivity contribution in [3.05, 3.63) is 59.6 Å². The maximum absolute atomic E-state index is 12.3. The maximum atomic E-state index is 12.3. The number of nitrogens with one attached hydrogen (secondary N) is 1. The summed E-state index contributed by atoms with van der Waals surface area (Å²) in [6.07, 6.45) is 0.905. The van der Waals surface area contributed by atoms with Gasteiger partial charge in [0, 0.05) is 17.1 Å². The van der Waals surface area contributed by atoms with Crippen molar-refractivity contribution < 1.29 is 19.1 Å². The number of hydrogen-bond donors (Lipinski definition) is 1. The molecule has 0 saturated carbocycles. The third kappa shape index (κ3) is 4.42. The molecule has 0 atom stereocenters. The molecule has 0 saturated heterocycles. The van der Waals surface area contributed by atoms with Crippen LogP contribution in [0.3, 0.4) is 0 Å². The zero-order valence-corrected chi connectivity index (χ0v) is 14.7. The zero-order chi connectivity index (χ0) is 18.4. The van der Waals surface area contributed by atoms with Crippen molar-refractivity contribution in [2.45, 2.75) is 6.92 Å². The van der Waals surface area contributed by atoms with Gasteiger partial charge in [-0.1, -0.05) is 6.07 Å². The van der Waals surface area contributed by atoms with Gasteiger partial charge in [0.15, 0.2) is 5.13 Å². The molecule has 0 aliphatic heterocycles. The van der Waals surface area contributed by atoms with E-state index in [4.69, 9.17) is 4.74 Å². The molecule has 0 aliphatic rings. The Bertz CT molecular complexity index is 894. The van der Waals surface area contributed by atoms with E-state index in [-0.39, 0.29) is 12.5 Å². The average molecular weight is 369 g/mol. The lowest BCUT2D eigenvalue weighted by Crippen LogP contribution is -2.12. The fourth-order valence-corrected chi connectivity index (χ4v) is 2.75. The highest BCUT2D eigenvalue weighted by molar-refractivity contribution is 7.14. The highest BCUT2D eigenvalue weighted by Gasteiger charge is 2.11. The largest absolute Gasteiger partial charge is 0.513 e. The lowest BCUT2D eigenvalue weighted by Gasteiger charge is -2.05. The Labute approximate surface area is 153 Å². The monoisotopic (exact) mass is 369 g/mol. The van der Waals surface area contributed by atoms with Gasteiger partial charge >= 0.3 is 6.16 Å². The number of rotatable bonds is 5. The summed E-state index contributed by atoms with van der Waals surface area (Å²) in [6.45, 7) is 1.92. The van der Waals surface area contributed by atoms with E-state index in [1.165, 1.54) is 23.5 Å². The summed E-state index contributed by atoms with van der Waals surface area (Å²) in [4.78, 5) is 32.1. The van der Waals surface area contributed by atoms with Gasteiger partial charge in [-0.3, -0.25) is 15.1 Å². The summed E-state index contributed by atoms with van der Waals surface area (Å²) in [5, 5.41) is 5.04. The summed E-state index contributed by atoms with van der Waals surface area (Å²) in [5.41, 5.74) is 1.85. The highest BCUT2D eigenvalue weighted by atomic mass is 32.1. The second-order valence-corrected chi connectivity index (χ2v) is 5.87. The van der Waals surface area contributed by atoms with Crippen LogP contribution in [-0.2, 0) is 4.74 Å². The van der Waals surface area contributed by atoms with Gasteiger partial charge in [0.25, 0.3) is 5.91 Å². The van der Waals surface area contributed by atoms with E-state index in [9.17, 15) is 9.59 Å². The molecule has 3 aromatic rings. The Hall–Kier alpha value is -3.26.